The highest BCUT2D eigenvalue weighted by molar-refractivity contribution is 7.90. The zero-order valence-electron chi connectivity index (χ0n) is 10.2. The maximum absolute atomic E-state index is 12.1. The van der Waals surface area contributed by atoms with Crippen LogP contribution in [-0.2, 0) is 10.8 Å². The van der Waals surface area contributed by atoms with E-state index in [1.54, 1.807) is 24.3 Å². The molecule has 0 amide bonds. The summed E-state index contributed by atoms with van der Waals surface area (Å²) in [5, 5.41) is 0. The second-order valence-corrected chi connectivity index (χ2v) is 5.90. The van der Waals surface area contributed by atoms with E-state index in [9.17, 15) is 4.21 Å². The van der Waals surface area contributed by atoms with Crippen molar-refractivity contribution >= 4 is 28.5 Å². The van der Waals surface area contributed by atoms with E-state index in [1.165, 1.54) is 0 Å². The van der Waals surface area contributed by atoms with Crippen LogP contribution in [0.4, 0.5) is 0 Å². The number of rotatable bonds is 4. The normalized spacial score (nSPS) is 13.6. The fourth-order valence-electron chi connectivity index (χ4n) is 1.52. The van der Waals surface area contributed by atoms with Crippen LogP contribution >= 0.6 is 11.6 Å². The second-order valence-electron chi connectivity index (χ2n) is 3.82. The van der Waals surface area contributed by atoms with Crippen LogP contribution in [0.2, 0.25) is 0 Å². The molecule has 0 heterocycles. The summed E-state index contributed by atoms with van der Waals surface area (Å²) in [4.78, 5) is 0.705. The molecule has 0 aliphatic carbocycles. The fourth-order valence-corrected chi connectivity index (χ4v) is 2.69. The Labute approximate surface area is 120 Å². The second kappa shape index (κ2) is 7.07. The molecule has 19 heavy (non-hydrogen) atoms. The lowest BCUT2D eigenvalue weighted by atomic mass is 10.2. The lowest BCUT2D eigenvalue weighted by Crippen LogP contribution is -1.89. The van der Waals surface area contributed by atoms with E-state index in [4.69, 9.17) is 11.6 Å². The average Bonchev–Trinajstić information content (AvgIpc) is 2.48. The molecule has 2 rings (SSSR count). The Morgan fingerprint density at radius 2 is 1.53 bits per heavy atom. The van der Waals surface area contributed by atoms with Crippen molar-refractivity contribution < 1.29 is 4.21 Å². The summed E-state index contributed by atoms with van der Waals surface area (Å²) in [7, 11) is -1.31. The third kappa shape index (κ3) is 4.19. The first-order valence-electron chi connectivity index (χ1n) is 5.83. The number of hydrogen-bond acceptors (Lipinski definition) is 1. The number of hydrogen-bond donors (Lipinski definition) is 0. The summed E-state index contributed by atoms with van der Waals surface area (Å²) in [6, 6.07) is 19.0. The molecule has 96 valence electrons. The Morgan fingerprint density at radius 1 is 0.947 bits per heavy atom. The molecule has 0 bridgehead atoms. The Hall–Kier alpha value is -1.64. The van der Waals surface area contributed by atoms with Crippen molar-refractivity contribution in [2.75, 3.05) is 0 Å². The molecular weight excluding hydrogens is 276 g/mol. The molecule has 0 spiro atoms. The van der Waals surface area contributed by atoms with Crippen LogP contribution in [0, 0.1) is 0 Å². The van der Waals surface area contributed by atoms with Crippen LogP contribution in [0.15, 0.2) is 82.1 Å². The van der Waals surface area contributed by atoms with E-state index >= 15 is 0 Å². The molecular formula is C16H13ClOS. The van der Waals surface area contributed by atoms with Crippen molar-refractivity contribution in [1.29, 1.82) is 0 Å². The predicted octanol–water partition coefficient (Wildman–Crippen LogP) is 4.59. The fraction of sp³-hybridized carbons (Fsp3) is 0. The maximum Gasteiger partial charge on any atom is 0.109 e. The van der Waals surface area contributed by atoms with Gasteiger partial charge in [0.15, 0.2) is 0 Å². The van der Waals surface area contributed by atoms with Crippen LogP contribution in [0.5, 0.6) is 0 Å². The number of halogens is 1. The largest absolute Gasteiger partial charge is 0.248 e. The lowest BCUT2D eigenvalue weighted by Gasteiger charge is -1.98. The van der Waals surface area contributed by atoms with Crippen LogP contribution in [0.25, 0.3) is 6.08 Å². The minimum atomic E-state index is -1.31. The zero-order chi connectivity index (χ0) is 13.5. The van der Waals surface area contributed by atoms with Gasteiger partial charge in [-0.25, -0.2) is 4.21 Å². The van der Waals surface area contributed by atoms with Gasteiger partial charge in [0, 0.05) is 4.90 Å². The highest BCUT2D eigenvalue weighted by atomic mass is 35.5. The van der Waals surface area contributed by atoms with Crippen molar-refractivity contribution in [1.82, 2.24) is 0 Å². The minimum absolute atomic E-state index is 0.318. The van der Waals surface area contributed by atoms with Gasteiger partial charge in [-0.2, -0.15) is 0 Å². The first-order chi connectivity index (χ1) is 9.27. The monoisotopic (exact) mass is 288 g/mol. The molecule has 0 fully saturated rings. The summed E-state index contributed by atoms with van der Waals surface area (Å²) in [6.45, 7) is 0. The SMILES string of the molecule is O=[S@@](/C(Cl)=C/C=C\c1ccccc1)c1ccccc1. The molecule has 2 aromatic carbocycles. The average molecular weight is 289 g/mol. The molecule has 1 atom stereocenters. The molecule has 2 aromatic rings. The molecule has 0 aliphatic heterocycles. The van der Waals surface area contributed by atoms with Crippen LogP contribution in [0.1, 0.15) is 5.56 Å². The standard InChI is InChI=1S/C16H13ClOS/c17-16(19(18)15-11-5-2-6-12-15)13-7-10-14-8-3-1-4-9-14/h1-13H/b10-7-,16-13+/t19-/m1/s1. The van der Waals surface area contributed by atoms with Gasteiger partial charge in [-0.3, -0.25) is 0 Å². The summed E-state index contributed by atoms with van der Waals surface area (Å²) in [5.41, 5.74) is 1.08. The molecule has 0 aromatic heterocycles. The van der Waals surface area contributed by atoms with Gasteiger partial charge in [0.05, 0.1) is 10.8 Å². The zero-order valence-corrected chi connectivity index (χ0v) is 11.8. The molecule has 0 unspecified atom stereocenters. The molecule has 1 nitrogen and oxygen atoms in total. The Kier molecular flexibility index (Phi) is 5.13. The van der Waals surface area contributed by atoms with Crippen molar-refractivity contribution in [3.05, 3.63) is 82.7 Å². The van der Waals surface area contributed by atoms with Crippen molar-refractivity contribution in [2.24, 2.45) is 0 Å². The molecule has 0 aliphatic rings. The van der Waals surface area contributed by atoms with E-state index in [0.717, 1.165) is 5.56 Å². The van der Waals surface area contributed by atoms with Crippen LogP contribution < -0.4 is 0 Å². The van der Waals surface area contributed by atoms with Gasteiger partial charge in [-0.1, -0.05) is 72.3 Å². The first-order valence-corrected chi connectivity index (χ1v) is 7.36. The predicted molar refractivity (Wildman–Crippen MR) is 82.3 cm³/mol. The van der Waals surface area contributed by atoms with Gasteiger partial charge in [-0.15, -0.1) is 0 Å². The van der Waals surface area contributed by atoms with Crippen LogP contribution in [0.3, 0.4) is 0 Å². The third-order valence-corrected chi connectivity index (χ3v) is 4.19. The van der Waals surface area contributed by atoms with E-state index in [0.29, 0.717) is 9.26 Å². The van der Waals surface area contributed by atoms with Crippen molar-refractivity contribution in [2.45, 2.75) is 4.90 Å². The first kappa shape index (κ1) is 13.8. The quantitative estimate of drug-likeness (QED) is 0.752. The summed E-state index contributed by atoms with van der Waals surface area (Å²) in [5.74, 6) is 0. The molecule has 0 radical (unpaired) electrons. The maximum atomic E-state index is 12.1. The Morgan fingerprint density at radius 3 is 2.16 bits per heavy atom. The Balaban J connectivity index is 2.08. The smallest absolute Gasteiger partial charge is 0.109 e. The topological polar surface area (TPSA) is 17.1 Å². The van der Waals surface area contributed by atoms with E-state index in [2.05, 4.69) is 0 Å². The summed E-state index contributed by atoms with van der Waals surface area (Å²) in [6.07, 6.45) is 5.39. The molecule has 3 heteroatoms. The van der Waals surface area contributed by atoms with Gasteiger partial charge in [-0.05, 0) is 23.8 Å². The summed E-state index contributed by atoms with van der Waals surface area (Å²) < 4.78 is 12.4. The van der Waals surface area contributed by atoms with E-state index < -0.39 is 10.8 Å². The van der Waals surface area contributed by atoms with Gasteiger partial charge >= 0.3 is 0 Å². The van der Waals surface area contributed by atoms with Crippen molar-refractivity contribution in [3.63, 3.8) is 0 Å². The van der Waals surface area contributed by atoms with Gasteiger partial charge < -0.3 is 0 Å². The van der Waals surface area contributed by atoms with Crippen LogP contribution in [-0.4, -0.2) is 4.21 Å². The van der Waals surface area contributed by atoms with Crippen molar-refractivity contribution in [3.8, 4) is 0 Å². The molecule has 0 saturated heterocycles. The lowest BCUT2D eigenvalue weighted by molar-refractivity contribution is 0.688. The molecule has 0 saturated carbocycles. The highest BCUT2D eigenvalue weighted by Crippen LogP contribution is 2.17. The Bertz CT molecular complexity index is 603. The van der Waals surface area contributed by atoms with Gasteiger partial charge in [0.2, 0.25) is 0 Å². The third-order valence-electron chi connectivity index (χ3n) is 2.45. The highest BCUT2D eigenvalue weighted by Gasteiger charge is 2.05. The van der Waals surface area contributed by atoms with E-state index in [1.807, 2.05) is 54.6 Å². The number of benzene rings is 2. The summed E-state index contributed by atoms with van der Waals surface area (Å²) >= 11 is 6.04. The number of allylic oxidation sites excluding steroid dienone is 2. The van der Waals surface area contributed by atoms with Gasteiger partial charge in [0.25, 0.3) is 0 Å². The minimum Gasteiger partial charge on any atom is -0.248 e. The van der Waals surface area contributed by atoms with E-state index in [-0.39, 0.29) is 0 Å². The molecule has 0 N–H and O–H groups in total. The van der Waals surface area contributed by atoms with Gasteiger partial charge in [0.1, 0.15) is 4.36 Å².